The Labute approximate surface area is 209 Å². The van der Waals surface area contributed by atoms with Gasteiger partial charge in [-0.2, -0.15) is 0 Å². The van der Waals surface area contributed by atoms with Crippen LogP contribution in [0.25, 0.3) is 0 Å². The quantitative estimate of drug-likeness (QED) is 0.181. The SMILES string of the molecule is CCNC(=NCC(C)(O)c1ccco1)NCCCN1CCN(Cc2ccccc2)CC1.I. The normalized spacial score (nSPS) is 17.4. The summed E-state index contributed by atoms with van der Waals surface area (Å²) in [5.41, 5.74) is 0.270. The van der Waals surface area contributed by atoms with E-state index in [9.17, 15) is 5.11 Å². The molecule has 3 rings (SSSR count). The van der Waals surface area contributed by atoms with E-state index in [2.05, 4.69) is 55.8 Å². The van der Waals surface area contributed by atoms with Crippen molar-refractivity contribution in [3.63, 3.8) is 0 Å². The first-order valence-corrected chi connectivity index (χ1v) is 11.3. The minimum Gasteiger partial charge on any atom is -0.466 e. The third-order valence-electron chi connectivity index (χ3n) is 5.60. The third-order valence-corrected chi connectivity index (χ3v) is 5.60. The number of benzene rings is 1. The lowest BCUT2D eigenvalue weighted by molar-refractivity contribution is 0.0437. The zero-order valence-corrected chi connectivity index (χ0v) is 21.6. The average Bonchev–Trinajstić information content (AvgIpc) is 3.33. The molecule has 178 valence electrons. The molecule has 2 heterocycles. The summed E-state index contributed by atoms with van der Waals surface area (Å²) in [6, 6.07) is 14.3. The number of hydrogen-bond acceptors (Lipinski definition) is 5. The van der Waals surface area contributed by atoms with Gasteiger partial charge in [0, 0.05) is 45.8 Å². The zero-order chi connectivity index (χ0) is 21.9. The summed E-state index contributed by atoms with van der Waals surface area (Å²) in [6.45, 7) is 12.2. The predicted octanol–water partition coefficient (Wildman–Crippen LogP) is 2.87. The molecule has 0 bridgehead atoms. The zero-order valence-electron chi connectivity index (χ0n) is 19.3. The molecule has 1 saturated heterocycles. The van der Waals surface area contributed by atoms with E-state index in [1.54, 1.807) is 25.3 Å². The highest BCUT2D eigenvalue weighted by molar-refractivity contribution is 14.0. The molecule has 0 radical (unpaired) electrons. The summed E-state index contributed by atoms with van der Waals surface area (Å²) >= 11 is 0. The van der Waals surface area contributed by atoms with Gasteiger partial charge in [0.2, 0.25) is 0 Å². The summed E-state index contributed by atoms with van der Waals surface area (Å²) in [7, 11) is 0. The van der Waals surface area contributed by atoms with Crippen molar-refractivity contribution in [1.29, 1.82) is 0 Å². The molecule has 0 aliphatic carbocycles. The number of aliphatic imine (C=N–C) groups is 1. The molecule has 1 atom stereocenters. The van der Waals surface area contributed by atoms with Gasteiger partial charge in [0.15, 0.2) is 5.96 Å². The Morgan fingerprint density at radius 2 is 1.78 bits per heavy atom. The van der Waals surface area contributed by atoms with Crippen LogP contribution < -0.4 is 10.6 Å². The van der Waals surface area contributed by atoms with Crippen molar-refractivity contribution in [2.45, 2.75) is 32.4 Å². The molecule has 2 aromatic rings. The second-order valence-electron chi connectivity index (χ2n) is 8.33. The van der Waals surface area contributed by atoms with Gasteiger partial charge in [0.25, 0.3) is 0 Å². The first-order valence-electron chi connectivity index (χ1n) is 11.3. The van der Waals surface area contributed by atoms with Gasteiger partial charge in [-0.25, -0.2) is 4.99 Å². The summed E-state index contributed by atoms with van der Waals surface area (Å²) in [5.74, 6) is 1.25. The number of halogens is 1. The number of aliphatic hydroxyl groups is 1. The maximum absolute atomic E-state index is 10.6. The van der Waals surface area contributed by atoms with Gasteiger partial charge in [-0.1, -0.05) is 30.3 Å². The fraction of sp³-hybridized carbons (Fsp3) is 0.542. The van der Waals surface area contributed by atoms with Gasteiger partial charge in [0.05, 0.1) is 12.8 Å². The Kier molecular flexibility index (Phi) is 11.5. The van der Waals surface area contributed by atoms with Crippen LogP contribution in [0.5, 0.6) is 0 Å². The highest BCUT2D eigenvalue weighted by Crippen LogP contribution is 2.21. The molecular weight excluding hydrogens is 517 g/mol. The molecule has 0 spiro atoms. The fourth-order valence-corrected chi connectivity index (χ4v) is 3.76. The summed E-state index contributed by atoms with van der Waals surface area (Å²) < 4.78 is 5.33. The van der Waals surface area contributed by atoms with E-state index >= 15 is 0 Å². The van der Waals surface area contributed by atoms with Crippen molar-refractivity contribution in [2.24, 2.45) is 4.99 Å². The first kappa shape index (κ1) is 26.6. The molecule has 1 fully saturated rings. The van der Waals surface area contributed by atoms with E-state index in [4.69, 9.17) is 4.42 Å². The maximum Gasteiger partial charge on any atom is 0.191 e. The van der Waals surface area contributed by atoms with E-state index in [1.165, 1.54) is 5.56 Å². The molecule has 3 N–H and O–H groups in total. The van der Waals surface area contributed by atoms with E-state index < -0.39 is 5.60 Å². The number of piperazine rings is 1. The van der Waals surface area contributed by atoms with E-state index in [-0.39, 0.29) is 30.5 Å². The number of rotatable bonds is 10. The van der Waals surface area contributed by atoms with E-state index in [0.29, 0.717) is 5.76 Å². The molecule has 1 aliphatic heterocycles. The lowest BCUT2D eigenvalue weighted by Gasteiger charge is -2.34. The average molecular weight is 556 g/mol. The number of furan rings is 1. The van der Waals surface area contributed by atoms with Crippen LogP contribution in [0.2, 0.25) is 0 Å². The molecule has 1 unspecified atom stereocenters. The van der Waals surface area contributed by atoms with Crippen LogP contribution in [-0.4, -0.2) is 73.2 Å². The molecule has 1 aliphatic rings. The van der Waals surface area contributed by atoms with Gasteiger partial charge in [-0.15, -0.1) is 24.0 Å². The highest BCUT2D eigenvalue weighted by Gasteiger charge is 2.26. The van der Waals surface area contributed by atoms with Crippen LogP contribution in [0.3, 0.4) is 0 Å². The monoisotopic (exact) mass is 555 g/mol. The van der Waals surface area contributed by atoms with E-state index in [1.807, 2.05) is 6.92 Å². The minimum absolute atomic E-state index is 0. The van der Waals surface area contributed by atoms with Gasteiger partial charge in [-0.3, -0.25) is 4.90 Å². The van der Waals surface area contributed by atoms with Crippen LogP contribution in [0, 0.1) is 0 Å². The van der Waals surface area contributed by atoms with Gasteiger partial charge in [0.1, 0.15) is 11.4 Å². The van der Waals surface area contributed by atoms with Crippen LogP contribution in [0.4, 0.5) is 0 Å². The Morgan fingerprint density at radius 3 is 2.44 bits per heavy atom. The molecule has 32 heavy (non-hydrogen) atoms. The van der Waals surface area contributed by atoms with Crippen LogP contribution in [0.1, 0.15) is 31.6 Å². The number of nitrogens with one attached hydrogen (secondary N) is 2. The number of nitrogens with zero attached hydrogens (tertiary/aromatic N) is 3. The third kappa shape index (κ3) is 8.73. The second-order valence-corrected chi connectivity index (χ2v) is 8.33. The van der Waals surface area contributed by atoms with Gasteiger partial charge < -0.3 is 25.1 Å². The largest absolute Gasteiger partial charge is 0.466 e. The Hall–Kier alpha value is -1.62. The molecular formula is C24H38IN5O2. The molecule has 7 nitrogen and oxygen atoms in total. The Balaban J connectivity index is 0.00000363. The van der Waals surface area contributed by atoms with Crippen LogP contribution in [0.15, 0.2) is 58.1 Å². The second kappa shape index (κ2) is 13.8. The molecule has 8 heteroatoms. The lowest BCUT2D eigenvalue weighted by Crippen LogP contribution is -2.46. The van der Waals surface area contributed by atoms with Crippen molar-refractivity contribution in [1.82, 2.24) is 20.4 Å². The van der Waals surface area contributed by atoms with Crippen molar-refractivity contribution in [3.8, 4) is 0 Å². The van der Waals surface area contributed by atoms with Gasteiger partial charge >= 0.3 is 0 Å². The van der Waals surface area contributed by atoms with Crippen molar-refractivity contribution in [2.75, 3.05) is 52.4 Å². The molecule has 0 amide bonds. The predicted molar refractivity (Wildman–Crippen MR) is 140 cm³/mol. The highest BCUT2D eigenvalue weighted by atomic mass is 127. The minimum atomic E-state index is -1.12. The Bertz CT molecular complexity index is 775. The van der Waals surface area contributed by atoms with Crippen molar-refractivity contribution < 1.29 is 9.52 Å². The summed E-state index contributed by atoms with van der Waals surface area (Å²) in [5, 5.41) is 17.2. The summed E-state index contributed by atoms with van der Waals surface area (Å²) in [6.07, 6.45) is 2.62. The maximum atomic E-state index is 10.6. The lowest BCUT2D eigenvalue weighted by atomic mass is 10.0. The molecule has 0 saturated carbocycles. The fourth-order valence-electron chi connectivity index (χ4n) is 3.76. The van der Waals surface area contributed by atoms with Crippen molar-refractivity contribution >= 4 is 29.9 Å². The number of hydrogen-bond donors (Lipinski definition) is 3. The van der Waals surface area contributed by atoms with E-state index in [0.717, 1.165) is 64.7 Å². The smallest absolute Gasteiger partial charge is 0.191 e. The van der Waals surface area contributed by atoms with Crippen LogP contribution >= 0.6 is 24.0 Å². The number of guanidine groups is 1. The molecule has 1 aromatic carbocycles. The topological polar surface area (TPSA) is 76.3 Å². The Morgan fingerprint density at radius 1 is 1.06 bits per heavy atom. The standard InChI is InChI=1S/C24H37N5O2.HI/c1-3-25-23(27-20-24(2,30)22-11-7-18-31-22)26-12-8-13-28-14-16-29(17-15-28)19-21-9-5-4-6-10-21;/h4-7,9-11,18,30H,3,8,12-17,19-20H2,1-2H3,(H2,25,26,27);1H. The van der Waals surface area contributed by atoms with Crippen LogP contribution in [-0.2, 0) is 12.1 Å². The van der Waals surface area contributed by atoms with Crippen molar-refractivity contribution in [3.05, 3.63) is 60.1 Å². The first-order chi connectivity index (χ1) is 15.1. The molecule has 1 aromatic heterocycles. The van der Waals surface area contributed by atoms with Gasteiger partial charge in [-0.05, 0) is 44.5 Å². The summed E-state index contributed by atoms with van der Waals surface area (Å²) in [4.78, 5) is 9.61.